The number of piperidine rings is 1. The van der Waals surface area contributed by atoms with Crippen molar-refractivity contribution >= 4 is 23.5 Å². The zero-order chi connectivity index (χ0) is 26.4. The van der Waals surface area contributed by atoms with Gasteiger partial charge in [-0.15, -0.1) is 0 Å². The van der Waals surface area contributed by atoms with Gasteiger partial charge in [0, 0.05) is 24.7 Å². The molecule has 2 aliphatic rings. The van der Waals surface area contributed by atoms with Crippen LogP contribution < -0.4 is 5.32 Å². The summed E-state index contributed by atoms with van der Waals surface area (Å²) >= 11 is 0. The minimum absolute atomic E-state index is 0.0312. The fourth-order valence-corrected chi connectivity index (χ4v) is 5.60. The van der Waals surface area contributed by atoms with Crippen molar-refractivity contribution in [1.82, 2.24) is 4.90 Å². The van der Waals surface area contributed by atoms with Gasteiger partial charge >= 0.3 is 5.97 Å². The van der Waals surface area contributed by atoms with E-state index in [4.69, 9.17) is 4.74 Å². The average Bonchev–Trinajstić information content (AvgIpc) is 2.93. The molecule has 1 aliphatic carbocycles. The first-order valence-corrected chi connectivity index (χ1v) is 13.5. The number of hydrogen-bond donors (Lipinski definition) is 2. The van der Waals surface area contributed by atoms with E-state index in [0.29, 0.717) is 32.0 Å². The molecule has 37 heavy (non-hydrogen) atoms. The molecule has 2 N–H and O–H groups in total. The Bertz CT molecular complexity index is 1070. The number of phenolic OH excluding ortho intramolecular Hbond substituents is 1. The van der Waals surface area contributed by atoms with Gasteiger partial charge in [-0.25, -0.2) is 0 Å². The van der Waals surface area contributed by atoms with Crippen LogP contribution in [0.5, 0.6) is 5.75 Å². The summed E-state index contributed by atoms with van der Waals surface area (Å²) in [5, 5.41) is 12.5. The fraction of sp³-hybridized carbons (Fsp3) is 0.500. The molecule has 1 heterocycles. The number of esters is 1. The van der Waals surface area contributed by atoms with Crippen LogP contribution in [0.25, 0.3) is 0 Å². The Morgan fingerprint density at radius 1 is 0.973 bits per heavy atom. The maximum absolute atomic E-state index is 13.0. The lowest BCUT2D eigenvalue weighted by atomic mass is 9.81. The third-order valence-electron chi connectivity index (χ3n) is 7.88. The van der Waals surface area contributed by atoms with Crippen LogP contribution in [0.4, 0.5) is 5.69 Å². The number of carbonyl (C=O) groups is 3. The number of nitrogens with zero attached hydrogens (tertiary/aromatic N) is 1. The fourth-order valence-electron chi connectivity index (χ4n) is 5.60. The predicted molar refractivity (Wildman–Crippen MR) is 142 cm³/mol. The maximum atomic E-state index is 13.0. The van der Waals surface area contributed by atoms with Crippen molar-refractivity contribution in [3.8, 4) is 5.75 Å². The number of hydrogen-bond acceptors (Lipinski definition) is 5. The lowest BCUT2D eigenvalue weighted by Crippen LogP contribution is -2.40. The molecular weight excluding hydrogens is 468 g/mol. The normalized spacial score (nSPS) is 21.2. The highest BCUT2D eigenvalue weighted by Crippen LogP contribution is 2.33. The first-order valence-electron chi connectivity index (χ1n) is 13.5. The number of anilines is 1. The van der Waals surface area contributed by atoms with Crippen molar-refractivity contribution in [1.29, 1.82) is 0 Å². The van der Waals surface area contributed by atoms with Gasteiger partial charge in [0.05, 0.1) is 18.4 Å². The molecule has 4 rings (SSSR count). The van der Waals surface area contributed by atoms with Gasteiger partial charge in [0.2, 0.25) is 11.8 Å². The van der Waals surface area contributed by atoms with E-state index in [2.05, 4.69) is 17.4 Å². The standard InChI is InChI=1S/C30H38N2O5/c1-3-37-30(36)25-6-4-5-24(19-25)28(34)31-26-11-7-22(8-12-26)23-15-17-32(18-16-23)29(35)20(2)21-9-13-27(33)14-10-21/h7-14,20,23-25,33H,3-6,15-19H2,1-2H3,(H,31,34)/t20?,24-,25+/m0/s1. The van der Waals surface area contributed by atoms with Crippen LogP contribution >= 0.6 is 0 Å². The molecule has 0 radical (unpaired) electrons. The lowest BCUT2D eigenvalue weighted by Gasteiger charge is -2.34. The molecule has 2 fully saturated rings. The summed E-state index contributed by atoms with van der Waals surface area (Å²) in [6, 6.07) is 14.9. The van der Waals surface area contributed by atoms with E-state index < -0.39 is 0 Å². The molecule has 0 bridgehead atoms. The van der Waals surface area contributed by atoms with E-state index in [9.17, 15) is 19.5 Å². The van der Waals surface area contributed by atoms with E-state index in [-0.39, 0.29) is 41.3 Å². The van der Waals surface area contributed by atoms with Crippen LogP contribution in [0.15, 0.2) is 48.5 Å². The highest BCUT2D eigenvalue weighted by atomic mass is 16.5. The molecule has 2 amide bonds. The van der Waals surface area contributed by atoms with Crippen molar-refractivity contribution in [2.24, 2.45) is 11.8 Å². The van der Waals surface area contributed by atoms with Gasteiger partial charge in [-0.1, -0.05) is 30.7 Å². The van der Waals surface area contributed by atoms with Crippen molar-refractivity contribution in [3.63, 3.8) is 0 Å². The SMILES string of the molecule is CCOC(=O)[C@@H]1CCC[C@H](C(=O)Nc2ccc(C3CCN(C(=O)C(C)c4ccc(O)cc4)CC3)cc2)C1. The van der Waals surface area contributed by atoms with Crippen molar-refractivity contribution in [2.45, 2.75) is 64.2 Å². The minimum Gasteiger partial charge on any atom is -0.508 e. The lowest BCUT2D eigenvalue weighted by molar-refractivity contribution is -0.150. The van der Waals surface area contributed by atoms with Gasteiger partial charge in [0.25, 0.3) is 0 Å². The second kappa shape index (κ2) is 12.3. The summed E-state index contributed by atoms with van der Waals surface area (Å²) in [6.07, 6.45) is 4.79. The summed E-state index contributed by atoms with van der Waals surface area (Å²) in [5.41, 5.74) is 2.89. The van der Waals surface area contributed by atoms with Crippen molar-refractivity contribution in [2.75, 3.05) is 25.0 Å². The van der Waals surface area contributed by atoms with E-state index in [1.165, 1.54) is 5.56 Å². The summed E-state index contributed by atoms with van der Waals surface area (Å²) in [7, 11) is 0. The highest BCUT2D eigenvalue weighted by Gasteiger charge is 2.32. The molecule has 1 saturated carbocycles. The molecule has 1 saturated heterocycles. The third kappa shape index (κ3) is 6.70. The Kier molecular flexibility index (Phi) is 8.85. The molecule has 1 aliphatic heterocycles. The number of amides is 2. The van der Waals surface area contributed by atoms with Crippen LogP contribution in [0.2, 0.25) is 0 Å². The van der Waals surface area contributed by atoms with Gasteiger partial charge in [-0.2, -0.15) is 0 Å². The van der Waals surface area contributed by atoms with Crippen molar-refractivity contribution < 1.29 is 24.2 Å². The second-order valence-corrected chi connectivity index (χ2v) is 10.3. The second-order valence-electron chi connectivity index (χ2n) is 10.3. The molecule has 3 atom stereocenters. The van der Waals surface area contributed by atoms with Gasteiger partial charge < -0.3 is 20.1 Å². The van der Waals surface area contributed by atoms with E-state index in [0.717, 1.165) is 43.4 Å². The first kappa shape index (κ1) is 26.7. The largest absolute Gasteiger partial charge is 0.508 e. The Morgan fingerprint density at radius 3 is 2.27 bits per heavy atom. The number of likely N-dealkylation sites (tertiary alicyclic amines) is 1. The number of rotatable bonds is 7. The summed E-state index contributed by atoms with van der Waals surface area (Å²) < 4.78 is 5.15. The van der Waals surface area contributed by atoms with Crippen LogP contribution in [0.1, 0.15) is 75.3 Å². The molecule has 2 aromatic rings. The van der Waals surface area contributed by atoms with Gasteiger partial charge in [0.1, 0.15) is 5.75 Å². The maximum Gasteiger partial charge on any atom is 0.308 e. The molecule has 198 valence electrons. The Hall–Kier alpha value is -3.35. The number of carbonyl (C=O) groups excluding carboxylic acids is 3. The number of phenols is 1. The highest BCUT2D eigenvalue weighted by molar-refractivity contribution is 5.93. The summed E-state index contributed by atoms with van der Waals surface area (Å²) in [4.78, 5) is 39.9. The van der Waals surface area contributed by atoms with Crippen LogP contribution in [0.3, 0.4) is 0 Å². The molecule has 0 spiro atoms. The smallest absolute Gasteiger partial charge is 0.308 e. The van der Waals surface area contributed by atoms with Crippen LogP contribution in [0, 0.1) is 11.8 Å². The molecule has 7 heteroatoms. The third-order valence-corrected chi connectivity index (χ3v) is 7.88. The van der Waals surface area contributed by atoms with E-state index in [1.54, 1.807) is 31.2 Å². The van der Waals surface area contributed by atoms with Crippen molar-refractivity contribution in [3.05, 3.63) is 59.7 Å². The quantitative estimate of drug-likeness (QED) is 0.503. The number of ether oxygens (including phenoxy) is 1. The summed E-state index contributed by atoms with van der Waals surface area (Å²) in [5.74, 6) is -0.120. The monoisotopic (exact) mass is 506 g/mol. The zero-order valence-electron chi connectivity index (χ0n) is 21.8. The zero-order valence-corrected chi connectivity index (χ0v) is 21.8. The van der Waals surface area contributed by atoms with Gasteiger partial charge in [-0.3, -0.25) is 14.4 Å². The Balaban J connectivity index is 1.27. The minimum atomic E-state index is -0.239. The van der Waals surface area contributed by atoms with Crippen LogP contribution in [-0.2, 0) is 19.1 Å². The predicted octanol–water partition coefficient (Wildman–Crippen LogP) is 5.21. The Labute approximate surface area is 219 Å². The van der Waals surface area contributed by atoms with Gasteiger partial charge in [0.15, 0.2) is 0 Å². The average molecular weight is 507 g/mol. The summed E-state index contributed by atoms with van der Waals surface area (Å²) in [6.45, 7) is 5.52. The molecule has 2 aromatic carbocycles. The first-order chi connectivity index (χ1) is 17.9. The van der Waals surface area contributed by atoms with Gasteiger partial charge in [-0.05, 0) is 87.3 Å². The van der Waals surface area contributed by atoms with E-state index >= 15 is 0 Å². The molecule has 1 unspecified atom stereocenters. The molecule has 0 aromatic heterocycles. The number of aromatic hydroxyl groups is 1. The number of nitrogens with one attached hydrogen (secondary N) is 1. The molecule has 7 nitrogen and oxygen atoms in total. The van der Waals surface area contributed by atoms with E-state index in [1.807, 2.05) is 24.0 Å². The Morgan fingerprint density at radius 2 is 1.62 bits per heavy atom. The number of benzene rings is 2. The topological polar surface area (TPSA) is 95.9 Å². The molecular formula is C30H38N2O5. The van der Waals surface area contributed by atoms with Crippen LogP contribution in [-0.4, -0.2) is 47.5 Å².